The molecule has 1 fully saturated rings. The minimum absolute atomic E-state index is 0.244. The van der Waals surface area contributed by atoms with Crippen molar-refractivity contribution in [2.45, 2.75) is 24.6 Å². The van der Waals surface area contributed by atoms with Crippen LogP contribution in [0.25, 0.3) is 0 Å². The lowest BCUT2D eigenvalue weighted by Gasteiger charge is -2.15. The van der Waals surface area contributed by atoms with E-state index in [0.29, 0.717) is 12.8 Å². The first-order valence-corrected chi connectivity index (χ1v) is 4.11. The first-order valence-electron chi connectivity index (χ1n) is 4.11. The van der Waals surface area contributed by atoms with E-state index in [2.05, 4.69) is 5.32 Å². The van der Waals surface area contributed by atoms with Crippen molar-refractivity contribution >= 4 is 6.03 Å². The fourth-order valence-electron chi connectivity index (χ4n) is 0.939. The van der Waals surface area contributed by atoms with Crippen molar-refractivity contribution in [3.8, 4) is 0 Å². The largest absolute Gasteiger partial charge is 0.405 e. The Labute approximate surface area is 78.5 Å². The molecule has 0 spiro atoms. The molecule has 2 amide bonds. The van der Waals surface area contributed by atoms with Crippen molar-refractivity contribution in [1.82, 2.24) is 10.6 Å². The van der Waals surface area contributed by atoms with Gasteiger partial charge in [0.25, 0.3) is 0 Å². The number of halogens is 3. The van der Waals surface area contributed by atoms with Crippen LogP contribution in [0.4, 0.5) is 18.0 Å². The van der Waals surface area contributed by atoms with Crippen LogP contribution < -0.4 is 10.6 Å². The Bertz CT molecular complexity index is 225. The van der Waals surface area contributed by atoms with Gasteiger partial charge in [-0.05, 0) is 12.8 Å². The molecule has 1 saturated carbocycles. The number of amides is 2. The van der Waals surface area contributed by atoms with Crippen molar-refractivity contribution in [3.05, 3.63) is 0 Å². The quantitative estimate of drug-likeness (QED) is 0.633. The summed E-state index contributed by atoms with van der Waals surface area (Å²) in [5.74, 6) is 0. The number of hydrogen-bond donors (Lipinski definition) is 3. The number of carbonyl (C=O) groups is 1. The van der Waals surface area contributed by atoms with Gasteiger partial charge in [-0.3, -0.25) is 0 Å². The third-order valence-electron chi connectivity index (χ3n) is 1.98. The Morgan fingerprint density at radius 1 is 1.43 bits per heavy atom. The van der Waals surface area contributed by atoms with E-state index in [1.807, 2.05) is 0 Å². The van der Waals surface area contributed by atoms with E-state index in [1.165, 1.54) is 0 Å². The van der Waals surface area contributed by atoms with E-state index < -0.39 is 24.3 Å². The summed E-state index contributed by atoms with van der Waals surface area (Å²) in [5.41, 5.74) is -0.685. The molecular weight excluding hydrogens is 201 g/mol. The first kappa shape index (κ1) is 11.1. The summed E-state index contributed by atoms with van der Waals surface area (Å²) in [5, 5.41) is 12.7. The van der Waals surface area contributed by atoms with Gasteiger partial charge in [0.1, 0.15) is 6.54 Å². The molecule has 0 bridgehead atoms. The SMILES string of the molecule is O=C(NCC(F)(F)F)NC1(CO)CC1. The van der Waals surface area contributed by atoms with E-state index in [0.717, 1.165) is 0 Å². The molecule has 0 unspecified atom stereocenters. The molecule has 4 nitrogen and oxygen atoms in total. The van der Waals surface area contributed by atoms with Gasteiger partial charge in [0, 0.05) is 0 Å². The Hall–Kier alpha value is -0.980. The minimum Gasteiger partial charge on any atom is -0.394 e. The second-order valence-corrected chi connectivity index (χ2v) is 3.36. The summed E-state index contributed by atoms with van der Waals surface area (Å²) in [4.78, 5) is 10.9. The highest BCUT2D eigenvalue weighted by atomic mass is 19.4. The standard InChI is InChI=1S/C7H11F3N2O2/c8-7(9,10)3-11-5(14)12-6(4-13)1-2-6/h13H,1-4H2,(H2,11,12,14). The predicted molar refractivity (Wildman–Crippen MR) is 41.6 cm³/mol. The lowest BCUT2D eigenvalue weighted by atomic mass is 10.3. The molecule has 1 rings (SSSR count). The van der Waals surface area contributed by atoms with Crippen LogP contribution in [0.5, 0.6) is 0 Å². The normalized spacial score (nSPS) is 18.9. The van der Waals surface area contributed by atoms with Crippen LogP contribution in [0.15, 0.2) is 0 Å². The average Bonchev–Trinajstić information content (AvgIpc) is 2.81. The van der Waals surface area contributed by atoms with Gasteiger partial charge in [-0.1, -0.05) is 0 Å². The van der Waals surface area contributed by atoms with E-state index in [1.54, 1.807) is 5.32 Å². The van der Waals surface area contributed by atoms with Crippen molar-refractivity contribution in [2.75, 3.05) is 13.2 Å². The van der Waals surface area contributed by atoms with Gasteiger partial charge in [0.05, 0.1) is 12.1 Å². The van der Waals surface area contributed by atoms with Crippen molar-refractivity contribution < 1.29 is 23.1 Å². The molecule has 3 N–H and O–H groups in total. The molecule has 0 aromatic rings. The van der Waals surface area contributed by atoms with Gasteiger partial charge in [0.15, 0.2) is 0 Å². The molecule has 1 aliphatic carbocycles. The number of hydrogen-bond acceptors (Lipinski definition) is 2. The monoisotopic (exact) mass is 212 g/mol. The topological polar surface area (TPSA) is 61.4 Å². The van der Waals surface area contributed by atoms with Gasteiger partial charge < -0.3 is 15.7 Å². The van der Waals surface area contributed by atoms with Gasteiger partial charge in [-0.15, -0.1) is 0 Å². The molecule has 0 radical (unpaired) electrons. The van der Waals surface area contributed by atoms with Crippen LogP contribution in [0, 0.1) is 0 Å². The van der Waals surface area contributed by atoms with Crippen LogP contribution in [-0.4, -0.2) is 36.0 Å². The second-order valence-electron chi connectivity index (χ2n) is 3.36. The first-order chi connectivity index (χ1) is 6.37. The van der Waals surface area contributed by atoms with E-state index in [9.17, 15) is 18.0 Å². The molecular formula is C7H11F3N2O2. The van der Waals surface area contributed by atoms with Crippen LogP contribution in [0.1, 0.15) is 12.8 Å². The maximum Gasteiger partial charge on any atom is 0.405 e. The fraction of sp³-hybridized carbons (Fsp3) is 0.857. The van der Waals surface area contributed by atoms with Crippen molar-refractivity contribution in [1.29, 1.82) is 0 Å². The van der Waals surface area contributed by atoms with Crippen LogP contribution in [0.3, 0.4) is 0 Å². The molecule has 7 heteroatoms. The number of alkyl halides is 3. The van der Waals surface area contributed by atoms with Gasteiger partial charge >= 0.3 is 12.2 Å². The molecule has 0 saturated heterocycles. The summed E-state index contributed by atoms with van der Waals surface area (Å²) in [6.45, 7) is -1.60. The predicted octanol–water partition coefficient (Wildman–Crippen LogP) is 0.373. The summed E-state index contributed by atoms with van der Waals surface area (Å²) in [6, 6.07) is -0.895. The lowest BCUT2D eigenvalue weighted by molar-refractivity contribution is -0.122. The number of rotatable bonds is 3. The second kappa shape index (κ2) is 3.64. The van der Waals surface area contributed by atoms with E-state index in [-0.39, 0.29) is 6.61 Å². The molecule has 0 heterocycles. The fourth-order valence-corrected chi connectivity index (χ4v) is 0.939. The van der Waals surface area contributed by atoms with Gasteiger partial charge in [0.2, 0.25) is 0 Å². The minimum atomic E-state index is -4.41. The molecule has 14 heavy (non-hydrogen) atoms. The lowest BCUT2D eigenvalue weighted by Crippen LogP contribution is -2.47. The average molecular weight is 212 g/mol. The molecule has 0 aromatic heterocycles. The highest BCUT2D eigenvalue weighted by Crippen LogP contribution is 2.34. The van der Waals surface area contributed by atoms with Gasteiger partial charge in [-0.2, -0.15) is 13.2 Å². The van der Waals surface area contributed by atoms with E-state index >= 15 is 0 Å². The van der Waals surface area contributed by atoms with Crippen LogP contribution in [0.2, 0.25) is 0 Å². The maximum absolute atomic E-state index is 11.7. The summed E-state index contributed by atoms with van der Waals surface area (Å²) >= 11 is 0. The Kier molecular flexibility index (Phi) is 2.89. The summed E-state index contributed by atoms with van der Waals surface area (Å²) in [7, 11) is 0. The van der Waals surface area contributed by atoms with Gasteiger partial charge in [-0.25, -0.2) is 4.79 Å². The molecule has 82 valence electrons. The zero-order chi connectivity index (χ0) is 10.8. The Morgan fingerprint density at radius 3 is 2.36 bits per heavy atom. The summed E-state index contributed by atoms with van der Waals surface area (Å²) in [6.07, 6.45) is -3.21. The Balaban J connectivity index is 2.23. The number of carbonyl (C=O) groups excluding carboxylic acids is 1. The van der Waals surface area contributed by atoms with Crippen molar-refractivity contribution in [2.24, 2.45) is 0 Å². The van der Waals surface area contributed by atoms with Crippen LogP contribution in [-0.2, 0) is 0 Å². The molecule has 1 aliphatic rings. The number of aliphatic hydroxyl groups excluding tert-OH is 1. The van der Waals surface area contributed by atoms with E-state index in [4.69, 9.17) is 5.11 Å². The summed E-state index contributed by atoms with van der Waals surface area (Å²) < 4.78 is 35.0. The number of urea groups is 1. The zero-order valence-electron chi connectivity index (χ0n) is 7.32. The number of aliphatic hydroxyl groups is 1. The smallest absolute Gasteiger partial charge is 0.394 e. The molecule has 0 aromatic carbocycles. The van der Waals surface area contributed by atoms with Crippen molar-refractivity contribution in [3.63, 3.8) is 0 Å². The molecule has 0 aliphatic heterocycles. The third-order valence-corrected chi connectivity index (χ3v) is 1.98. The van der Waals surface area contributed by atoms with Crippen LogP contribution >= 0.6 is 0 Å². The Morgan fingerprint density at radius 2 is 2.00 bits per heavy atom. The zero-order valence-corrected chi connectivity index (χ0v) is 7.32. The highest BCUT2D eigenvalue weighted by Gasteiger charge is 2.43. The number of nitrogens with one attached hydrogen (secondary N) is 2. The highest BCUT2D eigenvalue weighted by molar-refractivity contribution is 5.75. The molecule has 0 atom stereocenters. The maximum atomic E-state index is 11.7. The third kappa shape index (κ3) is 3.41.